The molecule has 0 saturated carbocycles. The molecule has 4 N–H and O–H groups in total. The van der Waals surface area contributed by atoms with Crippen LogP contribution in [0.15, 0.2) is 0 Å². The van der Waals surface area contributed by atoms with E-state index in [1.807, 2.05) is 0 Å². The Balaban J connectivity index is 0.00000529. The number of carboxylic acids is 4. The Bertz CT molecular complexity index is 707. The van der Waals surface area contributed by atoms with E-state index in [9.17, 15) is 24.4 Å². The Kier molecular flexibility index (Phi) is 8.94. The van der Waals surface area contributed by atoms with Gasteiger partial charge >= 0.3 is 69.4 Å². The number of hydrogen-bond acceptors (Lipinski definition) is 7. The third-order valence-corrected chi connectivity index (χ3v) is 3.84. The molecule has 0 radical (unpaired) electrons. The van der Waals surface area contributed by atoms with Crippen LogP contribution < -0.4 is 4.90 Å². The van der Waals surface area contributed by atoms with Crippen LogP contribution in [0.2, 0.25) is 0 Å². The van der Waals surface area contributed by atoms with Crippen molar-refractivity contribution >= 4 is 85.7 Å². The van der Waals surface area contributed by atoms with Gasteiger partial charge in [-0.1, -0.05) is 0 Å². The minimum absolute atomic E-state index is 0. The van der Waals surface area contributed by atoms with Crippen LogP contribution in [0.3, 0.4) is 0 Å². The van der Waals surface area contributed by atoms with Crippen molar-refractivity contribution < 1.29 is 39.6 Å². The van der Waals surface area contributed by atoms with Gasteiger partial charge in [-0.2, -0.15) is 5.26 Å². The summed E-state index contributed by atoms with van der Waals surface area (Å²) >= 11 is 0.467. The van der Waals surface area contributed by atoms with E-state index in [4.69, 9.17) is 20.4 Å². The van der Waals surface area contributed by atoms with E-state index < -0.39 is 48.3 Å². The number of anilines is 1. The number of carboxylic acid groups (broad SMARTS) is 4. The van der Waals surface area contributed by atoms with E-state index in [0.29, 0.717) is 11.3 Å². The zero-order valence-corrected chi connectivity index (χ0v) is 12.2. The van der Waals surface area contributed by atoms with Crippen LogP contribution in [0.1, 0.15) is 20.8 Å². The van der Waals surface area contributed by atoms with E-state index in [2.05, 4.69) is 0 Å². The first-order valence-corrected chi connectivity index (χ1v) is 6.68. The van der Waals surface area contributed by atoms with Gasteiger partial charge in [-0.3, -0.25) is 14.4 Å². The summed E-state index contributed by atoms with van der Waals surface area (Å²) < 4.78 is 0. The molecule has 0 fully saturated rings. The quantitative estimate of drug-likeness (QED) is 0.373. The molecule has 0 saturated heterocycles. The summed E-state index contributed by atoms with van der Waals surface area (Å²) in [5, 5.41) is 44.6. The van der Waals surface area contributed by atoms with E-state index in [1.165, 1.54) is 0 Å². The molecular formula is C12H12N2O8SSr. The number of nitrogens with zero attached hydrogens (tertiary/aromatic N) is 2. The monoisotopic (exact) mass is 432 g/mol. The Hall–Kier alpha value is -1.65. The number of aliphatic carboxylic acids is 3. The molecule has 0 aliphatic rings. The second kappa shape index (κ2) is 9.60. The average molecular weight is 432 g/mol. The number of hydrogen-bond donors (Lipinski definition) is 4. The summed E-state index contributed by atoms with van der Waals surface area (Å²) in [6.45, 7) is -1.57. The van der Waals surface area contributed by atoms with Crippen LogP contribution >= 0.6 is 11.3 Å². The first-order chi connectivity index (χ1) is 10.7. The number of rotatable bonds is 8. The van der Waals surface area contributed by atoms with Crippen molar-refractivity contribution in [1.82, 2.24) is 0 Å². The zero-order valence-electron chi connectivity index (χ0n) is 11.3. The second-order valence-corrected chi connectivity index (χ2v) is 5.22. The molecule has 0 bridgehead atoms. The van der Waals surface area contributed by atoms with Crippen molar-refractivity contribution in [3.05, 3.63) is 16.0 Å². The Morgan fingerprint density at radius 3 is 1.83 bits per heavy atom. The number of carbonyl (C=O) groups is 4. The van der Waals surface area contributed by atoms with Crippen LogP contribution in [-0.2, 0) is 20.8 Å². The molecule has 24 heavy (non-hydrogen) atoms. The van der Waals surface area contributed by atoms with Gasteiger partial charge in [0.05, 0.1) is 12.0 Å². The van der Waals surface area contributed by atoms with E-state index in [0.717, 1.165) is 4.90 Å². The molecule has 0 unspecified atom stereocenters. The third-order valence-electron chi connectivity index (χ3n) is 2.56. The first kappa shape index (κ1) is 22.4. The van der Waals surface area contributed by atoms with Gasteiger partial charge in [-0.25, -0.2) is 4.79 Å². The van der Waals surface area contributed by atoms with Gasteiger partial charge in [0.2, 0.25) is 0 Å². The van der Waals surface area contributed by atoms with Crippen molar-refractivity contribution in [2.75, 3.05) is 18.0 Å². The molecule has 0 amide bonds. The number of thiophene rings is 1. The van der Waals surface area contributed by atoms with E-state index >= 15 is 0 Å². The number of nitriles is 1. The van der Waals surface area contributed by atoms with E-state index in [-0.39, 0.29) is 61.6 Å². The average Bonchev–Trinajstić information content (AvgIpc) is 2.74. The molecule has 126 valence electrons. The topological polar surface area (TPSA) is 176 Å². The van der Waals surface area contributed by atoms with Crippen molar-refractivity contribution in [3.8, 4) is 6.07 Å². The predicted molar refractivity (Wildman–Crippen MR) is 83.4 cm³/mol. The molecular weight excluding hydrogens is 420 g/mol. The van der Waals surface area contributed by atoms with Crippen LogP contribution in [0.5, 0.6) is 0 Å². The molecule has 12 heteroatoms. The zero-order chi connectivity index (χ0) is 17.7. The van der Waals surface area contributed by atoms with Gasteiger partial charge < -0.3 is 25.3 Å². The minimum atomic E-state index is -1.49. The summed E-state index contributed by atoms with van der Waals surface area (Å²) in [5.74, 6) is -5.64. The maximum absolute atomic E-state index is 11.2. The van der Waals surface area contributed by atoms with E-state index in [1.54, 1.807) is 6.07 Å². The molecule has 10 nitrogen and oxygen atoms in total. The standard InChI is InChI=1S/C12H10N2O8S.Sr.2H/c13-2-6-5(1-7(15)16)10(12(21)22)23-11(6)14(3-8(17)18)4-9(19)20;;;/h1,3-4H2,(H,15,16)(H,17,18)(H,19,20)(H,21,22);;;. The molecule has 0 aliphatic carbocycles. The van der Waals surface area contributed by atoms with Crippen molar-refractivity contribution in [2.45, 2.75) is 6.42 Å². The Morgan fingerprint density at radius 1 is 1.00 bits per heavy atom. The summed E-state index contributed by atoms with van der Waals surface area (Å²) in [6.07, 6.45) is -0.755. The summed E-state index contributed by atoms with van der Waals surface area (Å²) in [6, 6.07) is 1.63. The van der Waals surface area contributed by atoms with Crippen molar-refractivity contribution in [3.63, 3.8) is 0 Å². The van der Waals surface area contributed by atoms with Crippen LogP contribution in [0.25, 0.3) is 0 Å². The Morgan fingerprint density at radius 2 is 1.50 bits per heavy atom. The SMILES string of the molecule is N#Cc1c(N(CC(=O)O)CC(=O)O)sc(C(=O)O)c1CC(=O)O.[SrH2]. The summed E-state index contributed by atoms with van der Waals surface area (Å²) in [5.41, 5.74) is -0.634. The van der Waals surface area contributed by atoms with Gasteiger partial charge in [0, 0.05) is 5.56 Å². The normalized spacial score (nSPS) is 9.46. The maximum atomic E-state index is 11.2. The fraction of sp³-hybridized carbons (Fsp3) is 0.250. The molecule has 0 spiro atoms. The molecule has 1 aromatic rings. The van der Waals surface area contributed by atoms with Gasteiger partial charge in [-0.05, 0) is 0 Å². The van der Waals surface area contributed by atoms with Gasteiger partial charge in [0.15, 0.2) is 0 Å². The first-order valence-electron chi connectivity index (χ1n) is 5.86. The molecule has 0 aliphatic heterocycles. The van der Waals surface area contributed by atoms with Gasteiger partial charge in [-0.15, -0.1) is 11.3 Å². The fourth-order valence-electron chi connectivity index (χ4n) is 1.81. The molecule has 1 aromatic heterocycles. The third kappa shape index (κ3) is 5.77. The van der Waals surface area contributed by atoms with Crippen molar-refractivity contribution in [1.29, 1.82) is 5.26 Å². The second-order valence-electron chi connectivity index (χ2n) is 4.22. The van der Waals surface area contributed by atoms with Crippen LogP contribution in [0, 0.1) is 11.3 Å². The molecule has 0 aromatic carbocycles. The fourth-order valence-corrected chi connectivity index (χ4v) is 2.92. The molecule has 1 rings (SSSR count). The van der Waals surface area contributed by atoms with Crippen LogP contribution in [-0.4, -0.2) is 103 Å². The predicted octanol–water partition coefficient (Wildman–Crippen LogP) is -0.996. The molecule has 1 heterocycles. The summed E-state index contributed by atoms with van der Waals surface area (Å²) in [7, 11) is 0. The van der Waals surface area contributed by atoms with Crippen molar-refractivity contribution in [2.24, 2.45) is 0 Å². The molecule has 0 atom stereocenters. The summed E-state index contributed by atoms with van der Waals surface area (Å²) in [4.78, 5) is 44.1. The Labute approximate surface area is 175 Å². The van der Waals surface area contributed by atoms with Gasteiger partial charge in [0.25, 0.3) is 0 Å². The van der Waals surface area contributed by atoms with Gasteiger partial charge in [0.1, 0.15) is 29.0 Å². The number of aromatic carboxylic acids is 1. The van der Waals surface area contributed by atoms with Crippen LogP contribution in [0.4, 0.5) is 5.00 Å².